The van der Waals surface area contributed by atoms with Crippen molar-refractivity contribution in [1.82, 2.24) is 9.97 Å². The molecule has 0 aliphatic carbocycles. The van der Waals surface area contributed by atoms with E-state index in [1.165, 1.54) is 0 Å². The standard InChI is InChI=1S/C18H13N3O2S/c1-11-20-14(10-24-11)15-7-8-16(23-15)18(22)21-13-6-2-4-12-5-3-9-19-17(12)13/h2-10H,1H3,(H,21,22). The lowest BCUT2D eigenvalue weighted by molar-refractivity contribution is 0.0997. The van der Waals surface area contributed by atoms with Gasteiger partial charge in [-0.25, -0.2) is 4.98 Å². The third kappa shape index (κ3) is 2.68. The van der Waals surface area contributed by atoms with E-state index >= 15 is 0 Å². The highest BCUT2D eigenvalue weighted by atomic mass is 32.1. The van der Waals surface area contributed by atoms with Crippen molar-refractivity contribution >= 4 is 33.8 Å². The van der Waals surface area contributed by atoms with Crippen LogP contribution in [0.15, 0.2) is 58.5 Å². The Labute approximate surface area is 142 Å². The summed E-state index contributed by atoms with van der Waals surface area (Å²) in [6.45, 7) is 1.93. The topological polar surface area (TPSA) is 68.0 Å². The van der Waals surface area contributed by atoms with Gasteiger partial charge < -0.3 is 9.73 Å². The molecule has 0 aliphatic rings. The van der Waals surface area contributed by atoms with E-state index in [-0.39, 0.29) is 11.7 Å². The highest BCUT2D eigenvalue weighted by Crippen LogP contribution is 2.25. The third-order valence-electron chi connectivity index (χ3n) is 3.58. The van der Waals surface area contributed by atoms with Gasteiger partial charge in [-0.2, -0.15) is 0 Å². The monoisotopic (exact) mass is 335 g/mol. The smallest absolute Gasteiger partial charge is 0.291 e. The number of fused-ring (bicyclic) bond motifs is 1. The Kier molecular flexibility index (Phi) is 3.59. The Balaban J connectivity index is 1.61. The van der Waals surface area contributed by atoms with E-state index in [9.17, 15) is 4.79 Å². The van der Waals surface area contributed by atoms with E-state index in [1.54, 1.807) is 29.7 Å². The lowest BCUT2D eigenvalue weighted by Gasteiger charge is -2.06. The van der Waals surface area contributed by atoms with Crippen LogP contribution in [0.4, 0.5) is 5.69 Å². The molecule has 0 saturated heterocycles. The Bertz CT molecular complexity index is 1030. The van der Waals surface area contributed by atoms with E-state index in [0.29, 0.717) is 11.4 Å². The van der Waals surface area contributed by atoms with Crippen LogP contribution in [-0.4, -0.2) is 15.9 Å². The summed E-state index contributed by atoms with van der Waals surface area (Å²) in [5.74, 6) is 0.510. The number of benzene rings is 1. The van der Waals surface area contributed by atoms with Crippen LogP contribution in [0.5, 0.6) is 0 Å². The Morgan fingerprint density at radius 1 is 1.17 bits per heavy atom. The Morgan fingerprint density at radius 2 is 2.04 bits per heavy atom. The first kappa shape index (κ1) is 14.6. The van der Waals surface area contributed by atoms with Gasteiger partial charge in [0.15, 0.2) is 11.5 Å². The van der Waals surface area contributed by atoms with Crippen molar-refractivity contribution in [2.45, 2.75) is 6.92 Å². The summed E-state index contributed by atoms with van der Waals surface area (Å²) in [5, 5.41) is 6.68. The maximum atomic E-state index is 12.5. The average Bonchev–Trinajstić information content (AvgIpc) is 3.24. The van der Waals surface area contributed by atoms with Gasteiger partial charge >= 0.3 is 0 Å². The molecule has 1 aromatic carbocycles. The van der Waals surface area contributed by atoms with Gasteiger partial charge in [-0.1, -0.05) is 18.2 Å². The first-order valence-electron chi connectivity index (χ1n) is 7.38. The first-order chi connectivity index (χ1) is 11.7. The maximum Gasteiger partial charge on any atom is 0.291 e. The van der Waals surface area contributed by atoms with E-state index in [1.807, 2.05) is 42.6 Å². The number of aryl methyl sites for hydroxylation is 1. The summed E-state index contributed by atoms with van der Waals surface area (Å²) < 4.78 is 5.64. The zero-order chi connectivity index (χ0) is 16.5. The van der Waals surface area contributed by atoms with Gasteiger partial charge in [-0.05, 0) is 31.2 Å². The molecule has 3 heterocycles. The Morgan fingerprint density at radius 3 is 2.88 bits per heavy atom. The molecule has 0 aliphatic heterocycles. The van der Waals surface area contributed by atoms with Gasteiger partial charge in [0.2, 0.25) is 0 Å². The quantitative estimate of drug-likeness (QED) is 0.598. The fraction of sp³-hybridized carbons (Fsp3) is 0.0556. The van der Waals surface area contributed by atoms with Gasteiger partial charge in [-0.3, -0.25) is 9.78 Å². The summed E-state index contributed by atoms with van der Waals surface area (Å²) in [5.41, 5.74) is 2.14. The SMILES string of the molecule is Cc1nc(-c2ccc(C(=O)Nc3cccc4cccnc34)o2)cs1. The zero-order valence-corrected chi connectivity index (χ0v) is 13.6. The minimum absolute atomic E-state index is 0.239. The molecule has 24 heavy (non-hydrogen) atoms. The number of carbonyl (C=O) groups is 1. The van der Waals surface area contributed by atoms with Crippen LogP contribution in [-0.2, 0) is 0 Å². The van der Waals surface area contributed by atoms with Crippen molar-refractivity contribution in [2.75, 3.05) is 5.32 Å². The second kappa shape index (κ2) is 5.90. The number of nitrogens with one attached hydrogen (secondary N) is 1. The van der Waals surface area contributed by atoms with Crippen LogP contribution in [0, 0.1) is 6.92 Å². The molecule has 0 fully saturated rings. The van der Waals surface area contributed by atoms with Gasteiger partial charge in [0, 0.05) is 17.0 Å². The second-order valence-electron chi connectivity index (χ2n) is 5.25. The molecule has 4 aromatic rings. The largest absolute Gasteiger partial charge is 0.449 e. The number of para-hydroxylation sites is 1. The van der Waals surface area contributed by atoms with Crippen LogP contribution in [0.2, 0.25) is 0 Å². The lowest BCUT2D eigenvalue weighted by Crippen LogP contribution is -2.11. The van der Waals surface area contributed by atoms with E-state index in [4.69, 9.17) is 4.42 Å². The van der Waals surface area contributed by atoms with Crippen LogP contribution in [0.1, 0.15) is 15.6 Å². The zero-order valence-electron chi connectivity index (χ0n) is 12.8. The lowest BCUT2D eigenvalue weighted by atomic mass is 10.2. The molecule has 118 valence electrons. The van der Waals surface area contributed by atoms with Crippen molar-refractivity contribution in [3.63, 3.8) is 0 Å². The molecule has 4 rings (SSSR count). The molecule has 0 spiro atoms. The number of amides is 1. The highest BCUT2D eigenvalue weighted by molar-refractivity contribution is 7.09. The van der Waals surface area contributed by atoms with E-state index in [2.05, 4.69) is 15.3 Å². The molecule has 5 nitrogen and oxygen atoms in total. The molecule has 0 unspecified atom stereocenters. The molecular weight excluding hydrogens is 322 g/mol. The first-order valence-corrected chi connectivity index (χ1v) is 8.26. The number of thiazole rings is 1. The van der Waals surface area contributed by atoms with Crippen LogP contribution >= 0.6 is 11.3 Å². The minimum atomic E-state index is -0.314. The number of pyridine rings is 1. The van der Waals surface area contributed by atoms with Crippen molar-refractivity contribution in [3.8, 4) is 11.5 Å². The van der Waals surface area contributed by atoms with Gasteiger partial charge in [0.25, 0.3) is 5.91 Å². The van der Waals surface area contributed by atoms with Gasteiger partial charge in [-0.15, -0.1) is 11.3 Å². The second-order valence-corrected chi connectivity index (χ2v) is 6.31. The fourth-order valence-electron chi connectivity index (χ4n) is 2.46. The van der Waals surface area contributed by atoms with E-state index < -0.39 is 0 Å². The number of furan rings is 1. The minimum Gasteiger partial charge on any atom is -0.449 e. The van der Waals surface area contributed by atoms with Crippen molar-refractivity contribution < 1.29 is 9.21 Å². The molecule has 0 radical (unpaired) electrons. The molecule has 0 saturated carbocycles. The fourth-order valence-corrected chi connectivity index (χ4v) is 3.07. The number of carbonyl (C=O) groups excluding carboxylic acids is 1. The van der Waals surface area contributed by atoms with Crippen molar-refractivity contribution in [3.05, 3.63) is 64.8 Å². The van der Waals surface area contributed by atoms with Crippen LogP contribution in [0.25, 0.3) is 22.4 Å². The van der Waals surface area contributed by atoms with Gasteiger partial charge in [0.1, 0.15) is 5.69 Å². The average molecular weight is 335 g/mol. The number of nitrogens with zero attached hydrogens (tertiary/aromatic N) is 2. The van der Waals surface area contributed by atoms with Gasteiger partial charge in [0.05, 0.1) is 16.2 Å². The molecular formula is C18H13N3O2S. The van der Waals surface area contributed by atoms with Crippen LogP contribution < -0.4 is 5.32 Å². The summed E-state index contributed by atoms with van der Waals surface area (Å²) in [6.07, 6.45) is 1.70. The number of aromatic nitrogens is 2. The van der Waals surface area contributed by atoms with Crippen molar-refractivity contribution in [1.29, 1.82) is 0 Å². The number of hydrogen-bond donors (Lipinski definition) is 1. The molecule has 6 heteroatoms. The molecule has 1 N–H and O–H groups in total. The summed E-state index contributed by atoms with van der Waals surface area (Å²) >= 11 is 1.54. The highest BCUT2D eigenvalue weighted by Gasteiger charge is 2.15. The maximum absolute atomic E-state index is 12.5. The Hall–Kier alpha value is -2.99. The number of rotatable bonds is 3. The normalized spacial score (nSPS) is 10.9. The third-order valence-corrected chi connectivity index (χ3v) is 4.36. The summed E-state index contributed by atoms with van der Waals surface area (Å²) in [4.78, 5) is 21.1. The summed E-state index contributed by atoms with van der Waals surface area (Å²) in [7, 11) is 0. The molecule has 3 aromatic heterocycles. The van der Waals surface area contributed by atoms with Crippen molar-refractivity contribution in [2.24, 2.45) is 0 Å². The number of anilines is 1. The predicted molar refractivity (Wildman–Crippen MR) is 94.2 cm³/mol. The van der Waals surface area contributed by atoms with E-state index in [0.717, 1.165) is 21.6 Å². The molecule has 1 amide bonds. The van der Waals surface area contributed by atoms with Crippen LogP contribution in [0.3, 0.4) is 0 Å². The predicted octanol–water partition coefficient (Wildman–Crippen LogP) is 4.51. The number of hydrogen-bond acceptors (Lipinski definition) is 5. The molecule has 0 atom stereocenters. The molecule has 0 bridgehead atoms. The summed E-state index contributed by atoms with van der Waals surface area (Å²) in [6, 6.07) is 12.9.